The predicted octanol–water partition coefficient (Wildman–Crippen LogP) is 4.34. The van der Waals surface area contributed by atoms with Gasteiger partial charge in [0, 0.05) is 27.2 Å². The molecule has 0 saturated heterocycles. The summed E-state index contributed by atoms with van der Waals surface area (Å²) < 4.78 is 69.1. The molecule has 0 aliphatic heterocycles. The van der Waals surface area contributed by atoms with E-state index in [9.17, 15) is 21.6 Å². The van der Waals surface area contributed by atoms with E-state index >= 15 is 0 Å². The number of aliphatic carboxylic acids is 1. The fraction of sp³-hybridized carbons (Fsp3) is 0.500. The van der Waals surface area contributed by atoms with Gasteiger partial charge in [-0.15, -0.1) is 10.2 Å². The van der Waals surface area contributed by atoms with Crippen molar-refractivity contribution >= 4 is 39.2 Å². The number of carboxylic acids is 1. The maximum absolute atomic E-state index is 12.5. The highest BCUT2D eigenvalue weighted by molar-refractivity contribution is 7.92. The number of sulfonamides is 1. The first-order valence-electron chi connectivity index (χ1n) is 13.7. The number of nitrogens with zero attached hydrogens (tertiary/aromatic N) is 5. The van der Waals surface area contributed by atoms with Crippen molar-refractivity contribution in [2.45, 2.75) is 38.4 Å². The van der Waals surface area contributed by atoms with Crippen LogP contribution in [0.4, 0.5) is 24.8 Å². The van der Waals surface area contributed by atoms with Crippen molar-refractivity contribution in [2.24, 2.45) is 17.6 Å². The minimum atomic E-state index is -5.08. The standard InChI is InChI=1S/C26H35ClN6O4S.C2HF3O2/c1-17-13-19(17)16-33(11-12-36-4)21-14-20(22(27)23(29-21)32(3)38(5,34)35)24-30-31-25(37-24)26(2,28)15-18-9-7-6-8-10-18;3-2(4,5)1(6)7/h6-10,14,17,19H,11-13,15-16,28H2,1-5H3;(H,6,7)/t17?,19?,26-;/m1./s1. The summed E-state index contributed by atoms with van der Waals surface area (Å²) in [4.78, 5) is 15.6. The average molecular weight is 677 g/mol. The predicted molar refractivity (Wildman–Crippen MR) is 163 cm³/mol. The Kier molecular flexibility index (Phi) is 11.4. The second kappa shape index (κ2) is 14.3. The fourth-order valence-electron chi connectivity index (χ4n) is 4.28. The van der Waals surface area contributed by atoms with E-state index in [2.05, 4.69) is 27.0 Å². The van der Waals surface area contributed by atoms with Crippen LogP contribution in [-0.4, -0.2) is 81.0 Å². The van der Waals surface area contributed by atoms with Crippen molar-refractivity contribution < 1.29 is 40.6 Å². The Balaban J connectivity index is 0.000000707. The van der Waals surface area contributed by atoms with E-state index in [0.717, 1.165) is 29.1 Å². The molecule has 3 aromatic rings. The maximum atomic E-state index is 12.5. The third-order valence-corrected chi connectivity index (χ3v) is 8.68. The molecule has 45 heavy (non-hydrogen) atoms. The first kappa shape index (κ1) is 36.0. The molecule has 4 rings (SSSR count). The molecule has 2 aromatic heterocycles. The molecule has 17 heteroatoms. The topological polar surface area (TPSA) is 165 Å². The van der Waals surface area contributed by atoms with Gasteiger partial charge in [-0.3, -0.25) is 4.31 Å². The lowest BCUT2D eigenvalue weighted by molar-refractivity contribution is -0.192. The number of hydrogen-bond acceptors (Lipinski definition) is 10. The number of rotatable bonds is 12. The zero-order valence-corrected chi connectivity index (χ0v) is 26.9. The van der Waals surface area contributed by atoms with Crippen molar-refractivity contribution in [3.63, 3.8) is 0 Å². The minimum Gasteiger partial charge on any atom is -0.475 e. The smallest absolute Gasteiger partial charge is 0.475 e. The molecule has 1 fully saturated rings. The molecule has 1 aliphatic rings. The molecule has 1 saturated carbocycles. The quantitative estimate of drug-likeness (QED) is 0.280. The first-order chi connectivity index (χ1) is 20.8. The zero-order valence-electron chi connectivity index (χ0n) is 25.4. The van der Waals surface area contributed by atoms with E-state index in [-0.39, 0.29) is 22.6 Å². The molecule has 248 valence electrons. The summed E-state index contributed by atoms with van der Waals surface area (Å²) in [5.41, 5.74) is 7.06. The van der Waals surface area contributed by atoms with Gasteiger partial charge >= 0.3 is 12.1 Å². The van der Waals surface area contributed by atoms with E-state index < -0.39 is 27.7 Å². The first-order valence-corrected chi connectivity index (χ1v) is 15.9. The average Bonchev–Trinajstić information content (AvgIpc) is 3.41. The summed E-state index contributed by atoms with van der Waals surface area (Å²) in [5.74, 6) is -0.615. The number of hydrogen-bond donors (Lipinski definition) is 2. The van der Waals surface area contributed by atoms with Crippen molar-refractivity contribution in [2.75, 3.05) is 49.3 Å². The number of nitrogens with two attached hydrogens (primary N) is 1. The molecule has 12 nitrogen and oxygen atoms in total. The van der Waals surface area contributed by atoms with Gasteiger partial charge in [0.15, 0.2) is 5.82 Å². The van der Waals surface area contributed by atoms with E-state index in [4.69, 9.17) is 36.4 Å². The summed E-state index contributed by atoms with van der Waals surface area (Å²) in [7, 11) is -0.600. The van der Waals surface area contributed by atoms with Gasteiger partial charge in [-0.25, -0.2) is 18.2 Å². The van der Waals surface area contributed by atoms with Crippen LogP contribution in [-0.2, 0) is 31.5 Å². The maximum Gasteiger partial charge on any atom is 0.490 e. The van der Waals surface area contributed by atoms with Gasteiger partial charge in [-0.05, 0) is 43.2 Å². The van der Waals surface area contributed by atoms with Crippen molar-refractivity contribution in [1.82, 2.24) is 15.2 Å². The van der Waals surface area contributed by atoms with Crippen molar-refractivity contribution in [1.29, 1.82) is 0 Å². The van der Waals surface area contributed by atoms with Crippen LogP contribution < -0.4 is 14.9 Å². The highest BCUT2D eigenvalue weighted by atomic mass is 35.5. The molecule has 0 bridgehead atoms. The molecule has 3 N–H and O–H groups in total. The van der Waals surface area contributed by atoms with Gasteiger partial charge in [-0.2, -0.15) is 13.2 Å². The van der Waals surface area contributed by atoms with Crippen molar-refractivity contribution in [3.8, 4) is 11.5 Å². The Morgan fingerprint density at radius 2 is 1.84 bits per heavy atom. The van der Waals surface area contributed by atoms with Crippen LogP contribution in [0.1, 0.15) is 31.7 Å². The molecule has 1 aromatic carbocycles. The SMILES string of the molecule is COCCN(CC1CC1C)c1cc(-c2nnc([C@](C)(N)Cc3ccccc3)o2)c(Cl)c(N(C)S(C)(=O)=O)n1.O=C(O)C(F)(F)F. The third kappa shape index (κ3) is 9.76. The molecular weight excluding hydrogens is 641 g/mol. The zero-order chi connectivity index (χ0) is 33.7. The summed E-state index contributed by atoms with van der Waals surface area (Å²) in [5, 5.41) is 15.7. The highest BCUT2D eigenvalue weighted by Crippen LogP contribution is 2.41. The monoisotopic (exact) mass is 676 g/mol. The van der Waals surface area contributed by atoms with E-state index in [1.54, 1.807) is 13.2 Å². The molecule has 3 atom stereocenters. The molecule has 0 spiro atoms. The number of methoxy groups -OCH3 is 1. The molecule has 0 amide bonds. The van der Waals surface area contributed by atoms with E-state index in [1.807, 2.05) is 37.3 Å². The molecule has 2 unspecified atom stereocenters. The summed E-state index contributed by atoms with van der Waals surface area (Å²) in [6.45, 7) is 5.84. The number of ether oxygens (including phenoxy) is 1. The van der Waals surface area contributed by atoms with Crippen LogP contribution in [0, 0.1) is 11.8 Å². The van der Waals surface area contributed by atoms with Crippen LogP contribution in [0.3, 0.4) is 0 Å². The van der Waals surface area contributed by atoms with Gasteiger partial charge in [0.1, 0.15) is 5.82 Å². The number of aromatic nitrogens is 3. The number of halogens is 4. The van der Waals surface area contributed by atoms with Gasteiger partial charge in [0.2, 0.25) is 21.8 Å². The Morgan fingerprint density at radius 3 is 2.36 bits per heavy atom. The number of alkyl halides is 3. The van der Waals surface area contributed by atoms with Gasteiger partial charge < -0.3 is 24.9 Å². The molecule has 2 heterocycles. The third-order valence-electron chi connectivity index (χ3n) is 7.14. The second-order valence-electron chi connectivity index (χ2n) is 11.1. The fourth-order valence-corrected chi connectivity index (χ4v) is 5.08. The van der Waals surface area contributed by atoms with Crippen LogP contribution in [0.2, 0.25) is 5.02 Å². The van der Waals surface area contributed by atoms with Crippen LogP contribution >= 0.6 is 11.6 Å². The Morgan fingerprint density at radius 1 is 1.24 bits per heavy atom. The Bertz CT molecular complexity index is 1570. The lowest BCUT2D eigenvalue weighted by Crippen LogP contribution is -2.35. The number of benzene rings is 1. The second-order valence-corrected chi connectivity index (χ2v) is 13.5. The van der Waals surface area contributed by atoms with Crippen LogP contribution in [0.15, 0.2) is 40.8 Å². The molecule has 0 radical (unpaired) electrons. The minimum absolute atomic E-state index is 0.0764. The van der Waals surface area contributed by atoms with Gasteiger partial charge in [0.25, 0.3) is 0 Å². The summed E-state index contributed by atoms with van der Waals surface area (Å²) in [6.07, 6.45) is -2.37. The number of pyridine rings is 1. The summed E-state index contributed by atoms with van der Waals surface area (Å²) >= 11 is 6.75. The normalized spacial score (nSPS) is 17.6. The Labute approximate surface area is 264 Å². The molecular formula is C28H36ClF3N6O6S. The lowest BCUT2D eigenvalue weighted by Gasteiger charge is -2.26. The van der Waals surface area contributed by atoms with E-state index in [1.165, 1.54) is 7.05 Å². The van der Waals surface area contributed by atoms with Gasteiger partial charge in [0.05, 0.1) is 29.0 Å². The highest BCUT2D eigenvalue weighted by Gasteiger charge is 2.38. The number of carbonyl (C=O) groups is 1. The van der Waals surface area contributed by atoms with Crippen molar-refractivity contribution in [3.05, 3.63) is 52.9 Å². The summed E-state index contributed by atoms with van der Waals surface area (Å²) in [6, 6.07) is 11.6. The van der Waals surface area contributed by atoms with Gasteiger partial charge in [-0.1, -0.05) is 48.9 Å². The molecule has 1 aliphatic carbocycles. The lowest BCUT2D eigenvalue weighted by atomic mass is 9.94. The number of carboxylic acid groups (broad SMARTS) is 1. The largest absolute Gasteiger partial charge is 0.490 e. The van der Waals surface area contributed by atoms with E-state index in [0.29, 0.717) is 42.8 Å². The van der Waals surface area contributed by atoms with Crippen LogP contribution in [0.25, 0.3) is 11.5 Å². The number of anilines is 2. The van der Waals surface area contributed by atoms with Crippen LogP contribution in [0.5, 0.6) is 0 Å². The Hall–Kier alpha value is -3.47.